The normalized spacial score (nSPS) is 26.2. The first-order valence-electron chi connectivity index (χ1n) is 12.0. The number of likely N-dealkylation sites (tertiary alicyclic amines) is 2. The lowest BCUT2D eigenvalue weighted by Gasteiger charge is -2.34. The largest absolute Gasteiger partial charge is 0.497 e. The molecule has 9 nitrogen and oxygen atoms in total. The maximum atomic E-state index is 13.1. The van der Waals surface area contributed by atoms with Crippen LogP contribution < -0.4 is 4.74 Å². The number of carbonyl (C=O) groups excluding carboxylic acids is 3. The summed E-state index contributed by atoms with van der Waals surface area (Å²) in [5.74, 6) is 0.779. The molecule has 1 aromatic rings. The second kappa shape index (κ2) is 9.76. The van der Waals surface area contributed by atoms with E-state index in [1.54, 1.807) is 12.0 Å². The zero-order chi connectivity index (χ0) is 23.7. The number of rotatable bonds is 6. The Morgan fingerprint density at radius 2 is 1.85 bits per heavy atom. The molecule has 0 N–H and O–H groups in total. The van der Waals surface area contributed by atoms with Gasteiger partial charge in [-0.1, -0.05) is 0 Å². The van der Waals surface area contributed by atoms with Crippen LogP contribution in [-0.4, -0.2) is 91.5 Å². The first-order chi connectivity index (χ1) is 16.5. The van der Waals surface area contributed by atoms with Gasteiger partial charge >= 0.3 is 0 Å². The van der Waals surface area contributed by atoms with E-state index in [1.165, 1.54) is 0 Å². The van der Waals surface area contributed by atoms with Crippen molar-refractivity contribution in [3.8, 4) is 5.75 Å². The van der Waals surface area contributed by atoms with E-state index in [2.05, 4.69) is 14.9 Å². The van der Waals surface area contributed by atoms with Crippen LogP contribution in [0.2, 0.25) is 0 Å². The van der Waals surface area contributed by atoms with E-state index >= 15 is 0 Å². The summed E-state index contributed by atoms with van der Waals surface area (Å²) in [7, 11) is 1.61. The molecule has 4 aliphatic rings. The third-order valence-electron chi connectivity index (χ3n) is 7.32. The van der Waals surface area contributed by atoms with E-state index in [9.17, 15) is 14.4 Å². The summed E-state index contributed by atoms with van der Waals surface area (Å²) in [6, 6.07) is 7.07. The van der Waals surface area contributed by atoms with Crippen molar-refractivity contribution >= 4 is 29.1 Å². The van der Waals surface area contributed by atoms with Gasteiger partial charge in [-0.25, -0.2) is 4.99 Å². The number of carbonyl (C=O) groups is 3. The fraction of sp³-hybridized carbons (Fsp3) is 0.560. The fourth-order valence-corrected chi connectivity index (χ4v) is 5.32. The Hall–Kier alpha value is -2.91. The Balaban J connectivity index is 1.15. The van der Waals surface area contributed by atoms with Gasteiger partial charge in [0.05, 0.1) is 32.9 Å². The molecular formula is C25H30N4O5. The summed E-state index contributed by atoms with van der Waals surface area (Å²) in [6.07, 6.45) is 2.86. The molecule has 2 amide bonds. The lowest BCUT2D eigenvalue weighted by atomic mass is 9.88. The third kappa shape index (κ3) is 4.54. The number of nitrogens with zero attached hydrogens (tertiary/aromatic N) is 4. The summed E-state index contributed by atoms with van der Waals surface area (Å²) in [5, 5.41) is 0. The molecule has 2 unspecified atom stereocenters. The van der Waals surface area contributed by atoms with Crippen molar-refractivity contribution in [2.45, 2.75) is 31.7 Å². The Kier molecular flexibility index (Phi) is 6.56. The van der Waals surface area contributed by atoms with E-state index < -0.39 is 0 Å². The van der Waals surface area contributed by atoms with Gasteiger partial charge in [0.2, 0.25) is 5.91 Å². The molecule has 34 heavy (non-hydrogen) atoms. The number of ether oxygens (including phenoxy) is 2. The summed E-state index contributed by atoms with van der Waals surface area (Å²) >= 11 is 0. The lowest BCUT2D eigenvalue weighted by Crippen LogP contribution is -2.47. The maximum Gasteiger partial charge on any atom is 0.258 e. The fourth-order valence-electron chi connectivity index (χ4n) is 5.32. The van der Waals surface area contributed by atoms with Crippen molar-refractivity contribution in [3.05, 3.63) is 29.8 Å². The molecule has 3 fully saturated rings. The van der Waals surface area contributed by atoms with E-state index in [4.69, 9.17) is 9.47 Å². The number of benzene rings is 1. The Morgan fingerprint density at radius 1 is 1.09 bits per heavy atom. The van der Waals surface area contributed by atoms with Gasteiger partial charge in [0, 0.05) is 30.2 Å². The number of piperidine rings is 1. The monoisotopic (exact) mass is 466 g/mol. The van der Waals surface area contributed by atoms with Gasteiger partial charge in [0.25, 0.3) is 5.91 Å². The maximum absolute atomic E-state index is 13.1. The molecule has 0 saturated carbocycles. The molecule has 180 valence electrons. The number of Topliss-reactive ketones (excluding diaryl/α,β-unsaturated/α-hetero) is 1. The number of amides is 2. The highest BCUT2D eigenvalue weighted by molar-refractivity contribution is 6.17. The summed E-state index contributed by atoms with van der Waals surface area (Å²) in [5.41, 5.74) is 1.53. The van der Waals surface area contributed by atoms with E-state index in [0.717, 1.165) is 43.8 Å². The molecule has 4 aliphatic heterocycles. The van der Waals surface area contributed by atoms with Crippen LogP contribution in [0.5, 0.6) is 5.75 Å². The quantitative estimate of drug-likeness (QED) is 0.591. The topological polar surface area (TPSA) is 101 Å². The van der Waals surface area contributed by atoms with Gasteiger partial charge in [0.15, 0.2) is 11.6 Å². The SMILES string of the molecule is COc1ccc(C(=O)C2CCN(C3CCN(CC4=NC(=O)C5COCCC5=N4)C3=O)CC2)cc1. The number of fused-ring (bicyclic) bond motifs is 1. The van der Waals surface area contributed by atoms with Crippen LogP contribution in [-0.2, 0) is 14.3 Å². The van der Waals surface area contributed by atoms with Crippen LogP contribution in [0, 0.1) is 11.8 Å². The molecule has 2 atom stereocenters. The third-order valence-corrected chi connectivity index (χ3v) is 7.32. The molecule has 4 heterocycles. The molecule has 5 rings (SSSR count). The van der Waals surface area contributed by atoms with Gasteiger partial charge in [-0.3, -0.25) is 19.3 Å². The van der Waals surface area contributed by atoms with Gasteiger partial charge in [-0.15, -0.1) is 0 Å². The Morgan fingerprint density at radius 3 is 2.59 bits per heavy atom. The number of hydrogen-bond donors (Lipinski definition) is 0. The zero-order valence-corrected chi connectivity index (χ0v) is 19.4. The van der Waals surface area contributed by atoms with E-state index in [-0.39, 0.29) is 42.0 Å². The van der Waals surface area contributed by atoms with Gasteiger partial charge in [-0.05, 0) is 56.6 Å². The summed E-state index contributed by atoms with van der Waals surface area (Å²) in [6.45, 7) is 3.25. The van der Waals surface area contributed by atoms with E-state index in [1.807, 2.05) is 24.3 Å². The Labute approximate surface area is 198 Å². The van der Waals surface area contributed by atoms with Gasteiger partial charge in [-0.2, -0.15) is 4.99 Å². The summed E-state index contributed by atoms with van der Waals surface area (Å²) in [4.78, 5) is 51.0. The van der Waals surface area contributed by atoms with Crippen LogP contribution in [0.15, 0.2) is 34.3 Å². The average molecular weight is 467 g/mol. The molecule has 0 bridgehead atoms. The first kappa shape index (κ1) is 22.9. The van der Waals surface area contributed by atoms with Crippen LogP contribution in [0.3, 0.4) is 0 Å². The van der Waals surface area contributed by atoms with Crippen molar-refractivity contribution in [1.82, 2.24) is 9.80 Å². The molecule has 0 radical (unpaired) electrons. The highest BCUT2D eigenvalue weighted by Gasteiger charge is 2.39. The molecule has 0 aliphatic carbocycles. The van der Waals surface area contributed by atoms with Crippen molar-refractivity contribution in [2.24, 2.45) is 21.8 Å². The molecule has 3 saturated heterocycles. The highest BCUT2D eigenvalue weighted by atomic mass is 16.5. The minimum atomic E-state index is -0.360. The van der Waals surface area contributed by atoms with Crippen molar-refractivity contribution in [1.29, 1.82) is 0 Å². The van der Waals surface area contributed by atoms with Gasteiger partial charge < -0.3 is 14.4 Å². The molecule has 0 aromatic heterocycles. The molecule has 1 aromatic carbocycles. The number of aliphatic imine (C=N–C) groups is 2. The second-order valence-corrected chi connectivity index (χ2v) is 9.31. The van der Waals surface area contributed by atoms with E-state index in [0.29, 0.717) is 37.6 Å². The van der Waals surface area contributed by atoms with Gasteiger partial charge in [0.1, 0.15) is 11.7 Å². The zero-order valence-electron chi connectivity index (χ0n) is 19.4. The van der Waals surface area contributed by atoms with Crippen molar-refractivity contribution < 1.29 is 23.9 Å². The predicted octanol–water partition coefficient (Wildman–Crippen LogP) is 1.61. The standard InChI is InChI=1S/C25H30N4O5/c1-33-18-4-2-16(3-5-18)23(30)17-6-10-28(11-7-17)21-8-12-29(25(21)32)14-22-26-20-9-13-34-15-19(20)24(31)27-22/h2-5,17,19,21H,6-15H2,1H3. The first-order valence-corrected chi connectivity index (χ1v) is 12.0. The molecule has 9 heteroatoms. The number of amidine groups is 1. The average Bonchev–Trinajstić information content (AvgIpc) is 3.23. The summed E-state index contributed by atoms with van der Waals surface area (Å²) < 4.78 is 10.5. The minimum Gasteiger partial charge on any atom is -0.497 e. The second-order valence-electron chi connectivity index (χ2n) is 9.31. The highest BCUT2D eigenvalue weighted by Crippen LogP contribution is 2.27. The van der Waals surface area contributed by atoms with Crippen LogP contribution in [0.4, 0.5) is 0 Å². The minimum absolute atomic E-state index is 0.0249. The molecular weight excluding hydrogens is 436 g/mol. The molecule has 0 spiro atoms. The van der Waals surface area contributed by atoms with Crippen LogP contribution >= 0.6 is 0 Å². The predicted molar refractivity (Wildman–Crippen MR) is 125 cm³/mol. The smallest absolute Gasteiger partial charge is 0.258 e. The Bertz CT molecular complexity index is 1030. The number of hydrogen-bond acceptors (Lipinski definition) is 7. The van der Waals surface area contributed by atoms with Crippen LogP contribution in [0.25, 0.3) is 0 Å². The lowest BCUT2D eigenvalue weighted by molar-refractivity contribution is -0.132. The van der Waals surface area contributed by atoms with Crippen molar-refractivity contribution in [2.75, 3.05) is 46.5 Å². The number of ketones is 1. The van der Waals surface area contributed by atoms with Crippen molar-refractivity contribution in [3.63, 3.8) is 0 Å². The van der Waals surface area contributed by atoms with Crippen LogP contribution in [0.1, 0.15) is 36.0 Å². The number of methoxy groups -OCH3 is 1.